The van der Waals surface area contributed by atoms with Gasteiger partial charge >= 0.3 is 6.09 Å². The van der Waals surface area contributed by atoms with E-state index in [9.17, 15) is 9.90 Å². The fourth-order valence-corrected chi connectivity index (χ4v) is 3.31. The molecule has 0 radical (unpaired) electrons. The van der Waals surface area contributed by atoms with E-state index in [1.54, 1.807) is 13.1 Å². The summed E-state index contributed by atoms with van der Waals surface area (Å²) in [4.78, 5) is 17.8. The predicted octanol–water partition coefficient (Wildman–Crippen LogP) is 2.45. The van der Waals surface area contributed by atoms with Crippen molar-refractivity contribution in [1.29, 1.82) is 0 Å². The number of aromatic nitrogens is 1. The minimum atomic E-state index is -1.28. The van der Waals surface area contributed by atoms with Crippen LogP contribution in [0.1, 0.15) is 44.7 Å². The van der Waals surface area contributed by atoms with Crippen LogP contribution in [-0.2, 0) is 11.3 Å². The molecule has 0 aromatic carbocycles. The number of hydrogen-bond acceptors (Lipinski definition) is 4. The summed E-state index contributed by atoms with van der Waals surface area (Å²) < 4.78 is 5.60. The average molecular weight is 276 g/mol. The summed E-state index contributed by atoms with van der Waals surface area (Å²) in [5, 5.41) is 10.9. The number of hydrogen-bond donors (Lipinski definition) is 1. The van der Waals surface area contributed by atoms with Crippen LogP contribution in [0, 0.1) is 0 Å². The Morgan fingerprint density at radius 1 is 1.35 bits per heavy atom. The van der Waals surface area contributed by atoms with Gasteiger partial charge in [0.15, 0.2) is 11.3 Å². The number of aliphatic hydroxyl groups is 1. The highest BCUT2D eigenvalue weighted by Gasteiger charge is 2.61. The Balaban J connectivity index is 1.86. The Morgan fingerprint density at radius 3 is 2.75 bits per heavy atom. The van der Waals surface area contributed by atoms with E-state index < -0.39 is 17.4 Å². The topological polar surface area (TPSA) is 62.7 Å². The van der Waals surface area contributed by atoms with Crippen LogP contribution in [0.15, 0.2) is 24.4 Å². The fourth-order valence-electron chi connectivity index (χ4n) is 3.31. The molecule has 0 bridgehead atoms. The van der Waals surface area contributed by atoms with Gasteiger partial charge in [-0.15, -0.1) is 0 Å². The Morgan fingerprint density at radius 2 is 2.10 bits per heavy atom. The summed E-state index contributed by atoms with van der Waals surface area (Å²) in [5.41, 5.74) is -1.28. The van der Waals surface area contributed by atoms with E-state index in [1.807, 2.05) is 18.2 Å². The van der Waals surface area contributed by atoms with Gasteiger partial charge in [0.25, 0.3) is 0 Å². The molecule has 1 saturated carbocycles. The molecule has 108 valence electrons. The van der Waals surface area contributed by atoms with Crippen LogP contribution in [0.5, 0.6) is 0 Å². The molecule has 1 spiro atoms. The van der Waals surface area contributed by atoms with Gasteiger partial charge in [-0.3, -0.25) is 9.88 Å². The molecule has 5 heteroatoms. The fraction of sp³-hybridized carbons (Fsp3) is 0.600. The minimum absolute atomic E-state index is 0.272. The highest BCUT2D eigenvalue weighted by atomic mass is 16.6. The lowest BCUT2D eigenvalue weighted by Gasteiger charge is -2.42. The number of nitrogens with zero attached hydrogens (tertiary/aromatic N) is 2. The van der Waals surface area contributed by atoms with Crippen molar-refractivity contribution in [2.75, 3.05) is 0 Å². The molecule has 1 amide bonds. The Hall–Kier alpha value is -1.62. The quantitative estimate of drug-likeness (QED) is 0.901. The van der Waals surface area contributed by atoms with Crippen molar-refractivity contribution < 1.29 is 14.6 Å². The molecular weight excluding hydrogens is 256 g/mol. The standard InChI is InChI=1S/C15H20N2O3/c1-14(19)15(8-4-2-5-9-15)20-13(18)17(14)11-12-7-3-6-10-16-12/h3,6-7,10,19H,2,4-5,8-9,11H2,1H3/t14-/m0/s1. The van der Waals surface area contributed by atoms with Crippen molar-refractivity contribution >= 4 is 6.09 Å². The van der Waals surface area contributed by atoms with Crippen LogP contribution in [0.25, 0.3) is 0 Å². The largest absolute Gasteiger partial charge is 0.438 e. The van der Waals surface area contributed by atoms with E-state index in [4.69, 9.17) is 4.74 Å². The highest BCUT2D eigenvalue weighted by molar-refractivity contribution is 5.72. The van der Waals surface area contributed by atoms with Gasteiger partial charge in [0.1, 0.15) is 0 Å². The summed E-state index contributed by atoms with van der Waals surface area (Å²) in [6.45, 7) is 1.96. The van der Waals surface area contributed by atoms with Crippen molar-refractivity contribution in [3.05, 3.63) is 30.1 Å². The van der Waals surface area contributed by atoms with Crippen molar-refractivity contribution in [2.45, 2.75) is 56.9 Å². The van der Waals surface area contributed by atoms with E-state index in [0.29, 0.717) is 0 Å². The number of pyridine rings is 1. The van der Waals surface area contributed by atoms with Crippen LogP contribution in [0.3, 0.4) is 0 Å². The van der Waals surface area contributed by atoms with Crippen LogP contribution in [0.2, 0.25) is 0 Å². The number of amides is 1. The van der Waals surface area contributed by atoms with Gasteiger partial charge in [-0.05, 0) is 44.7 Å². The first kappa shape index (κ1) is 13.4. The lowest BCUT2D eigenvalue weighted by atomic mass is 9.77. The lowest BCUT2D eigenvalue weighted by molar-refractivity contribution is -0.160. The summed E-state index contributed by atoms with van der Waals surface area (Å²) in [6.07, 6.45) is 5.80. The van der Waals surface area contributed by atoms with Crippen LogP contribution >= 0.6 is 0 Å². The second kappa shape index (κ2) is 4.74. The zero-order valence-electron chi connectivity index (χ0n) is 11.7. The van der Waals surface area contributed by atoms with E-state index in [1.165, 1.54) is 4.90 Å². The van der Waals surface area contributed by atoms with E-state index in [2.05, 4.69) is 4.98 Å². The molecule has 1 saturated heterocycles. The second-order valence-electron chi connectivity index (χ2n) is 5.85. The molecule has 5 nitrogen and oxygen atoms in total. The minimum Gasteiger partial charge on any atom is -0.438 e. The van der Waals surface area contributed by atoms with Gasteiger partial charge in [0, 0.05) is 6.20 Å². The van der Waals surface area contributed by atoms with E-state index in [0.717, 1.165) is 37.8 Å². The van der Waals surface area contributed by atoms with Crippen molar-refractivity contribution in [1.82, 2.24) is 9.88 Å². The number of rotatable bonds is 2. The molecule has 3 rings (SSSR count). The second-order valence-corrected chi connectivity index (χ2v) is 5.85. The molecule has 2 fully saturated rings. The molecule has 2 aliphatic rings. The van der Waals surface area contributed by atoms with Crippen molar-refractivity contribution in [3.8, 4) is 0 Å². The summed E-state index contributed by atoms with van der Waals surface area (Å²) in [5.74, 6) is 0. The van der Waals surface area contributed by atoms with Gasteiger partial charge in [0.05, 0.1) is 12.2 Å². The molecule has 2 heterocycles. The first-order valence-electron chi connectivity index (χ1n) is 7.18. The summed E-state index contributed by atoms with van der Waals surface area (Å²) in [7, 11) is 0. The lowest BCUT2D eigenvalue weighted by Crippen LogP contribution is -2.57. The number of carbonyl (C=O) groups is 1. The van der Waals surface area contributed by atoms with Crippen LogP contribution in [-0.4, -0.2) is 32.4 Å². The van der Waals surface area contributed by atoms with Gasteiger partial charge in [-0.25, -0.2) is 4.79 Å². The van der Waals surface area contributed by atoms with Crippen molar-refractivity contribution in [3.63, 3.8) is 0 Å². The normalized spacial score (nSPS) is 28.7. The Labute approximate surface area is 118 Å². The third kappa shape index (κ3) is 1.97. The molecule has 1 aromatic heterocycles. The third-order valence-corrected chi connectivity index (χ3v) is 4.60. The predicted molar refractivity (Wildman–Crippen MR) is 72.7 cm³/mol. The first-order valence-corrected chi connectivity index (χ1v) is 7.18. The highest BCUT2D eigenvalue weighted by Crippen LogP contribution is 2.47. The zero-order valence-corrected chi connectivity index (χ0v) is 11.7. The van der Waals surface area contributed by atoms with Gasteiger partial charge in [-0.2, -0.15) is 0 Å². The maximum Gasteiger partial charge on any atom is 0.413 e. The first-order chi connectivity index (χ1) is 9.55. The van der Waals surface area contributed by atoms with Crippen LogP contribution in [0.4, 0.5) is 4.79 Å². The monoisotopic (exact) mass is 276 g/mol. The molecule has 0 unspecified atom stereocenters. The maximum absolute atomic E-state index is 12.2. The molecular formula is C15H20N2O3. The van der Waals surface area contributed by atoms with Crippen molar-refractivity contribution in [2.24, 2.45) is 0 Å². The molecule has 1 atom stereocenters. The maximum atomic E-state index is 12.2. The Bertz CT molecular complexity index is 495. The smallest absolute Gasteiger partial charge is 0.413 e. The van der Waals surface area contributed by atoms with Gasteiger partial charge in [-0.1, -0.05) is 12.5 Å². The molecule has 20 heavy (non-hydrogen) atoms. The number of carbonyl (C=O) groups excluding carboxylic acids is 1. The molecule has 1 N–H and O–H groups in total. The van der Waals surface area contributed by atoms with Gasteiger partial charge < -0.3 is 9.84 Å². The average Bonchev–Trinajstić information content (AvgIpc) is 2.62. The summed E-state index contributed by atoms with van der Waals surface area (Å²) >= 11 is 0. The molecule has 1 aliphatic heterocycles. The SMILES string of the molecule is C[C@@]1(O)N(Cc2ccccn2)C(=O)OC12CCCCC2. The Kier molecular flexibility index (Phi) is 3.17. The number of ether oxygens (including phenoxy) is 1. The third-order valence-electron chi connectivity index (χ3n) is 4.60. The summed E-state index contributed by atoms with van der Waals surface area (Å²) in [6, 6.07) is 5.54. The van der Waals surface area contributed by atoms with E-state index in [-0.39, 0.29) is 6.54 Å². The zero-order chi connectivity index (χ0) is 14.2. The van der Waals surface area contributed by atoms with Crippen LogP contribution < -0.4 is 0 Å². The molecule has 1 aliphatic carbocycles. The van der Waals surface area contributed by atoms with E-state index >= 15 is 0 Å². The molecule has 1 aromatic rings. The van der Waals surface area contributed by atoms with Gasteiger partial charge in [0.2, 0.25) is 0 Å².